The third kappa shape index (κ3) is 4.43. The lowest BCUT2D eigenvalue weighted by atomic mass is 10.1. The first-order valence-electron chi connectivity index (χ1n) is 6.65. The smallest absolute Gasteiger partial charge is 0.270 e. The lowest BCUT2D eigenvalue weighted by molar-refractivity contribution is -0.114. The number of thiazole rings is 1. The minimum absolute atomic E-state index is 0.113. The van der Waals surface area contributed by atoms with Crippen LogP contribution in [0.3, 0.4) is 0 Å². The lowest BCUT2D eigenvalue weighted by Crippen LogP contribution is -2.26. The van der Waals surface area contributed by atoms with Gasteiger partial charge in [0.05, 0.1) is 0 Å². The SMILES string of the molecule is C#Cc1nc(C(=O)NCCc2cccc(NC(C)=O)c2)cs1. The van der Waals surface area contributed by atoms with Gasteiger partial charge in [0.1, 0.15) is 5.69 Å². The van der Waals surface area contributed by atoms with E-state index in [0.29, 0.717) is 23.7 Å². The van der Waals surface area contributed by atoms with E-state index in [1.54, 1.807) is 5.38 Å². The Balaban J connectivity index is 1.87. The average Bonchev–Trinajstić information content (AvgIpc) is 2.96. The second-order valence-corrected chi connectivity index (χ2v) is 5.43. The second kappa shape index (κ2) is 7.38. The molecule has 5 nitrogen and oxygen atoms in total. The molecule has 1 aromatic carbocycles. The quantitative estimate of drug-likeness (QED) is 0.830. The summed E-state index contributed by atoms with van der Waals surface area (Å²) in [5, 5.41) is 7.65. The first-order valence-corrected chi connectivity index (χ1v) is 7.53. The predicted octanol–water partition coefficient (Wildman–Crippen LogP) is 2.06. The molecule has 0 atom stereocenters. The number of terminal acetylenes is 1. The van der Waals surface area contributed by atoms with Crippen LogP contribution in [0.15, 0.2) is 29.6 Å². The van der Waals surface area contributed by atoms with Crippen LogP contribution < -0.4 is 10.6 Å². The molecule has 0 saturated carbocycles. The zero-order valence-corrected chi connectivity index (χ0v) is 12.9. The maximum Gasteiger partial charge on any atom is 0.270 e. The maximum atomic E-state index is 11.9. The van der Waals surface area contributed by atoms with Gasteiger partial charge in [0.15, 0.2) is 5.01 Å². The molecule has 1 heterocycles. The number of aromatic nitrogens is 1. The average molecular weight is 313 g/mol. The van der Waals surface area contributed by atoms with Gasteiger partial charge in [0.25, 0.3) is 5.91 Å². The van der Waals surface area contributed by atoms with Crippen molar-refractivity contribution < 1.29 is 9.59 Å². The molecule has 0 radical (unpaired) electrons. The molecular formula is C16H15N3O2S. The number of hydrogen-bond donors (Lipinski definition) is 2. The van der Waals surface area contributed by atoms with Crippen molar-refractivity contribution in [1.29, 1.82) is 0 Å². The molecule has 0 unspecified atom stereocenters. The van der Waals surface area contributed by atoms with Crippen molar-refractivity contribution in [3.63, 3.8) is 0 Å². The van der Waals surface area contributed by atoms with Crippen molar-refractivity contribution in [3.05, 3.63) is 45.9 Å². The zero-order chi connectivity index (χ0) is 15.9. The molecule has 1 aromatic heterocycles. The van der Waals surface area contributed by atoms with Crippen molar-refractivity contribution >= 4 is 28.8 Å². The zero-order valence-electron chi connectivity index (χ0n) is 12.1. The fraction of sp³-hybridized carbons (Fsp3) is 0.188. The van der Waals surface area contributed by atoms with Gasteiger partial charge in [0.2, 0.25) is 5.91 Å². The summed E-state index contributed by atoms with van der Waals surface area (Å²) >= 11 is 1.27. The molecule has 0 fully saturated rings. The Morgan fingerprint density at radius 1 is 1.41 bits per heavy atom. The topological polar surface area (TPSA) is 71.1 Å². The Kier molecular flexibility index (Phi) is 5.28. The summed E-state index contributed by atoms with van der Waals surface area (Å²) in [6, 6.07) is 7.51. The normalized spacial score (nSPS) is 9.82. The summed E-state index contributed by atoms with van der Waals surface area (Å²) < 4.78 is 0. The summed E-state index contributed by atoms with van der Waals surface area (Å²) in [6.45, 7) is 1.94. The Morgan fingerprint density at radius 2 is 2.23 bits per heavy atom. The van der Waals surface area contributed by atoms with Gasteiger partial charge >= 0.3 is 0 Å². The van der Waals surface area contributed by atoms with Crippen LogP contribution in [-0.4, -0.2) is 23.3 Å². The maximum absolute atomic E-state index is 11.9. The Labute approximate surface area is 132 Å². The number of nitrogens with one attached hydrogen (secondary N) is 2. The summed E-state index contributed by atoms with van der Waals surface area (Å²) in [7, 11) is 0. The number of carbonyl (C=O) groups excluding carboxylic acids is 2. The van der Waals surface area contributed by atoms with Crippen LogP contribution in [0.25, 0.3) is 0 Å². The van der Waals surface area contributed by atoms with E-state index in [2.05, 4.69) is 21.5 Å². The van der Waals surface area contributed by atoms with Gasteiger partial charge in [0, 0.05) is 24.5 Å². The van der Waals surface area contributed by atoms with Crippen LogP contribution in [0, 0.1) is 12.3 Å². The molecule has 0 aliphatic rings. The molecule has 0 spiro atoms. The van der Waals surface area contributed by atoms with Crippen LogP contribution in [0.5, 0.6) is 0 Å². The number of hydrogen-bond acceptors (Lipinski definition) is 4. The molecule has 22 heavy (non-hydrogen) atoms. The second-order valence-electron chi connectivity index (χ2n) is 4.57. The number of anilines is 1. The van der Waals surface area contributed by atoms with Gasteiger partial charge in [-0.15, -0.1) is 17.8 Å². The van der Waals surface area contributed by atoms with Gasteiger partial charge in [-0.1, -0.05) is 12.1 Å². The highest BCUT2D eigenvalue weighted by atomic mass is 32.1. The first kappa shape index (κ1) is 15.7. The van der Waals surface area contributed by atoms with Gasteiger partial charge < -0.3 is 10.6 Å². The summed E-state index contributed by atoms with van der Waals surface area (Å²) in [4.78, 5) is 26.9. The van der Waals surface area contributed by atoms with Gasteiger partial charge in [-0.2, -0.15) is 0 Å². The predicted molar refractivity (Wildman–Crippen MR) is 86.8 cm³/mol. The minimum Gasteiger partial charge on any atom is -0.350 e. The van der Waals surface area contributed by atoms with E-state index in [4.69, 9.17) is 6.42 Å². The van der Waals surface area contributed by atoms with Crippen molar-refractivity contribution in [3.8, 4) is 12.3 Å². The lowest BCUT2D eigenvalue weighted by Gasteiger charge is -2.06. The van der Waals surface area contributed by atoms with Crippen molar-refractivity contribution in [2.75, 3.05) is 11.9 Å². The monoisotopic (exact) mass is 313 g/mol. The molecule has 112 valence electrons. The fourth-order valence-corrected chi connectivity index (χ4v) is 2.47. The van der Waals surface area contributed by atoms with Crippen molar-refractivity contribution in [2.24, 2.45) is 0 Å². The van der Waals surface area contributed by atoms with Crippen molar-refractivity contribution in [1.82, 2.24) is 10.3 Å². The summed E-state index contributed by atoms with van der Waals surface area (Å²) in [5.74, 6) is 2.05. The molecule has 2 aromatic rings. The highest BCUT2D eigenvalue weighted by molar-refractivity contribution is 7.10. The molecule has 2 amide bonds. The van der Waals surface area contributed by atoms with E-state index in [1.807, 2.05) is 24.3 Å². The number of carbonyl (C=O) groups is 2. The molecule has 0 aliphatic heterocycles. The van der Waals surface area contributed by atoms with E-state index in [9.17, 15) is 9.59 Å². The molecule has 0 bridgehead atoms. The van der Waals surface area contributed by atoms with E-state index in [-0.39, 0.29) is 11.8 Å². The van der Waals surface area contributed by atoms with Gasteiger partial charge in [-0.05, 0) is 30.0 Å². The summed E-state index contributed by atoms with van der Waals surface area (Å²) in [5.41, 5.74) is 2.11. The van der Waals surface area contributed by atoms with E-state index in [0.717, 1.165) is 11.3 Å². The molecule has 2 N–H and O–H groups in total. The van der Waals surface area contributed by atoms with E-state index < -0.39 is 0 Å². The third-order valence-corrected chi connectivity index (χ3v) is 3.58. The third-order valence-electron chi connectivity index (χ3n) is 2.81. The summed E-state index contributed by atoms with van der Waals surface area (Å²) in [6.07, 6.45) is 5.88. The minimum atomic E-state index is -0.240. The van der Waals surface area contributed by atoms with Crippen LogP contribution >= 0.6 is 11.3 Å². The molecular weight excluding hydrogens is 298 g/mol. The number of rotatable bonds is 5. The highest BCUT2D eigenvalue weighted by Crippen LogP contribution is 2.11. The van der Waals surface area contributed by atoms with Crippen molar-refractivity contribution in [2.45, 2.75) is 13.3 Å². The van der Waals surface area contributed by atoms with Crippen LogP contribution in [0.4, 0.5) is 5.69 Å². The van der Waals surface area contributed by atoms with Crippen LogP contribution in [-0.2, 0) is 11.2 Å². The number of benzene rings is 1. The Hall–Kier alpha value is -2.65. The Morgan fingerprint density at radius 3 is 2.91 bits per heavy atom. The van der Waals surface area contributed by atoms with E-state index >= 15 is 0 Å². The van der Waals surface area contributed by atoms with Gasteiger partial charge in [-0.25, -0.2) is 4.98 Å². The highest BCUT2D eigenvalue weighted by Gasteiger charge is 2.09. The Bertz CT molecular complexity index is 731. The largest absolute Gasteiger partial charge is 0.350 e. The first-order chi connectivity index (χ1) is 10.6. The molecule has 0 aliphatic carbocycles. The fourth-order valence-electron chi connectivity index (χ4n) is 1.86. The van der Waals surface area contributed by atoms with Gasteiger partial charge in [-0.3, -0.25) is 9.59 Å². The molecule has 2 rings (SSSR count). The standard InChI is InChI=1S/C16H15N3O2S/c1-3-15-19-14(10-22-15)16(21)17-8-7-12-5-4-6-13(9-12)18-11(2)20/h1,4-6,9-10H,7-8H2,2H3,(H,17,21)(H,18,20). The molecule has 6 heteroatoms. The van der Waals surface area contributed by atoms with Crippen LogP contribution in [0.2, 0.25) is 0 Å². The van der Waals surface area contributed by atoms with Crippen LogP contribution in [0.1, 0.15) is 28.0 Å². The van der Waals surface area contributed by atoms with E-state index in [1.165, 1.54) is 18.3 Å². The number of amides is 2. The molecule has 0 saturated heterocycles. The number of nitrogens with zero attached hydrogens (tertiary/aromatic N) is 1.